The first-order valence-electron chi connectivity index (χ1n) is 7.59. The van der Waals surface area contributed by atoms with Gasteiger partial charge in [0.15, 0.2) is 0 Å². The number of nitrogens with zero attached hydrogens (tertiary/aromatic N) is 2. The predicted molar refractivity (Wildman–Crippen MR) is 86.1 cm³/mol. The summed E-state index contributed by atoms with van der Waals surface area (Å²) >= 11 is 0. The van der Waals surface area contributed by atoms with Crippen LogP contribution in [0, 0.1) is 0 Å². The van der Waals surface area contributed by atoms with Gasteiger partial charge in [0.25, 0.3) is 0 Å². The van der Waals surface area contributed by atoms with E-state index in [2.05, 4.69) is 16.5 Å². The van der Waals surface area contributed by atoms with Crippen molar-refractivity contribution in [2.45, 2.75) is 52.7 Å². The van der Waals surface area contributed by atoms with E-state index in [4.69, 9.17) is 9.47 Å². The summed E-state index contributed by atoms with van der Waals surface area (Å²) in [7, 11) is 1.65. The van der Waals surface area contributed by atoms with E-state index in [0.29, 0.717) is 12.8 Å². The zero-order chi connectivity index (χ0) is 16.3. The summed E-state index contributed by atoms with van der Waals surface area (Å²) in [5, 5.41) is 0. The van der Waals surface area contributed by atoms with Crippen molar-refractivity contribution in [3.05, 3.63) is 24.0 Å². The van der Waals surface area contributed by atoms with E-state index in [1.54, 1.807) is 7.11 Å². The zero-order valence-electron chi connectivity index (χ0n) is 14.0. The van der Waals surface area contributed by atoms with E-state index >= 15 is 0 Å². The number of carbonyl (C=O) groups is 1. The number of carbonyl (C=O) groups excluding carboxylic acids is 1. The van der Waals surface area contributed by atoms with E-state index in [0.717, 1.165) is 29.2 Å². The molecule has 0 N–H and O–H groups in total. The van der Waals surface area contributed by atoms with Crippen molar-refractivity contribution in [3.63, 3.8) is 0 Å². The van der Waals surface area contributed by atoms with Gasteiger partial charge in [-0.25, -0.2) is 4.98 Å². The molecule has 0 amide bonds. The Labute approximate surface area is 131 Å². The van der Waals surface area contributed by atoms with Crippen LogP contribution in [0.5, 0.6) is 5.75 Å². The molecule has 1 heterocycles. The summed E-state index contributed by atoms with van der Waals surface area (Å²) in [6.07, 6.45) is 0.900. The topological polar surface area (TPSA) is 53.4 Å². The molecule has 0 saturated heterocycles. The van der Waals surface area contributed by atoms with Gasteiger partial charge in [-0.05, 0) is 39.8 Å². The summed E-state index contributed by atoms with van der Waals surface area (Å²) in [6.45, 7) is 8.49. The molecule has 2 rings (SSSR count). The molecule has 0 aliphatic carbocycles. The molecule has 5 heteroatoms. The summed E-state index contributed by atoms with van der Waals surface area (Å²) in [5.41, 5.74) is 1.50. The van der Waals surface area contributed by atoms with Gasteiger partial charge in [-0.15, -0.1) is 0 Å². The van der Waals surface area contributed by atoms with Gasteiger partial charge in [-0.1, -0.05) is 0 Å². The maximum absolute atomic E-state index is 11.9. The van der Waals surface area contributed by atoms with Crippen LogP contribution < -0.4 is 4.74 Å². The third-order valence-electron chi connectivity index (χ3n) is 3.32. The maximum Gasteiger partial charge on any atom is 0.306 e. The Balaban J connectivity index is 2.19. The molecule has 0 aliphatic heterocycles. The SMILES string of the molecule is CCn1c(CCC(=O)OC(C)(C)C)nc2ccc(OC)cc21. The fraction of sp³-hybridized carbons (Fsp3) is 0.529. The highest BCUT2D eigenvalue weighted by Crippen LogP contribution is 2.23. The molecule has 22 heavy (non-hydrogen) atoms. The van der Waals surface area contributed by atoms with E-state index < -0.39 is 5.60 Å². The molecule has 0 spiro atoms. The fourth-order valence-corrected chi connectivity index (χ4v) is 2.43. The maximum atomic E-state index is 11.9. The van der Waals surface area contributed by atoms with Gasteiger partial charge in [0.1, 0.15) is 17.2 Å². The number of ether oxygens (including phenoxy) is 2. The van der Waals surface area contributed by atoms with Crippen LogP contribution in [-0.2, 0) is 22.5 Å². The molecule has 5 nitrogen and oxygen atoms in total. The molecule has 0 aliphatic rings. The van der Waals surface area contributed by atoms with Gasteiger partial charge in [-0.3, -0.25) is 4.79 Å². The zero-order valence-corrected chi connectivity index (χ0v) is 14.0. The molecular formula is C17H24N2O3. The van der Waals surface area contributed by atoms with Crippen molar-refractivity contribution < 1.29 is 14.3 Å². The number of fused-ring (bicyclic) bond motifs is 1. The van der Waals surface area contributed by atoms with E-state index in [1.807, 2.05) is 39.0 Å². The highest BCUT2D eigenvalue weighted by atomic mass is 16.6. The number of hydrogen-bond acceptors (Lipinski definition) is 4. The molecule has 120 valence electrons. The van der Waals surface area contributed by atoms with Gasteiger partial charge < -0.3 is 14.0 Å². The van der Waals surface area contributed by atoms with Crippen LogP contribution in [0.15, 0.2) is 18.2 Å². The quantitative estimate of drug-likeness (QED) is 0.795. The molecular weight excluding hydrogens is 280 g/mol. The normalized spacial score (nSPS) is 11.7. The first-order valence-corrected chi connectivity index (χ1v) is 7.59. The lowest BCUT2D eigenvalue weighted by Gasteiger charge is -2.19. The van der Waals surface area contributed by atoms with Crippen molar-refractivity contribution in [2.24, 2.45) is 0 Å². The Hall–Kier alpha value is -2.04. The van der Waals surface area contributed by atoms with Gasteiger partial charge in [0.05, 0.1) is 24.6 Å². The second-order valence-electron chi connectivity index (χ2n) is 6.21. The van der Waals surface area contributed by atoms with E-state index in [9.17, 15) is 4.79 Å². The van der Waals surface area contributed by atoms with Crippen LogP contribution in [0.4, 0.5) is 0 Å². The predicted octanol–water partition coefficient (Wildman–Crippen LogP) is 3.34. The van der Waals surface area contributed by atoms with E-state index in [1.165, 1.54) is 0 Å². The monoisotopic (exact) mass is 304 g/mol. The number of benzene rings is 1. The minimum atomic E-state index is -0.449. The summed E-state index contributed by atoms with van der Waals surface area (Å²) in [6, 6.07) is 5.81. The number of methoxy groups -OCH3 is 1. The minimum absolute atomic E-state index is 0.195. The highest BCUT2D eigenvalue weighted by molar-refractivity contribution is 5.78. The average molecular weight is 304 g/mol. The Bertz CT molecular complexity index is 668. The number of imidazole rings is 1. The number of hydrogen-bond donors (Lipinski definition) is 0. The number of esters is 1. The van der Waals surface area contributed by atoms with Gasteiger partial charge in [-0.2, -0.15) is 0 Å². The summed E-state index contributed by atoms with van der Waals surface area (Å²) in [4.78, 5) is 16.5. The van der Waals surface area contributed by atoms with Crippen molar-refractivity contribution >= 4 is 17.0 Å². The lowest BCUT2D eigenvalue weighted by Crippen LogP contribution is -2.24. The molecule has 0 fully saturated rings. The van der Waals surface area contributed by atoms with Crippen LogP contribution in [0.1, 0.15) is 39.9 Å². The summed E-state index contributed by atoms with van der Waals surface area (Å²) in [5.74, 6) is 1.51. The first-order chi connectivity index (χ1) is 10.3. The third-order valence-corrected chi connectivity index (χ3v) is 3.32. The molecule has 0 bridgehead atoms. The molecule has 0 saturated carbocycles. The third kappa shape index (κ3) is 3.78. The number of aromatic nitrogens is 2. The standard InChI is InChI=1S/C17H24N2O3/c1-6-19-14-11-12(21-5)7-8-13(14)18-15(19)9-10-16(20)22-17(2,3)4/h7-8,11H,6,9-10H2,1-5H3. The smallest absolute Gasteiger partial charge is 0.306 e. The average Bonchev–Trinajstić information content (AvgIpc) is 2.79. The molecule has 0 radical (unpaired) electrons. The van der Waals surface area contributed by atoms with Gasteiger partial charge in [0.2, 0.25) is 0 Å². The van der Waals surface area contributed by atoms with Crippen molar-refractivity contribution in [3.8, 4) is 5.75 Å². The van der Waals surface area contributed by atoms with Crippen LogP contribution in [-0.4, -0.2) is 28.2 Å². The lowest BCUT2D eigenvalue weighted by atomic mass is 10.2. The minimum Gasteiger partial charge on any atom is -0.497 e. The highest BCUT2D eigenvalue weighted by Gasteiger charge is 2.17. The Morgan fingerprint density at radius 1 is 1.32 bits per heavy atom. The second kappa shape index (κ2) is 6.38. The van der Waals surface area contributed by atoms with Crippen molar-refractivity contribution in [2.75, 3.05) is 7.11 Å². The van der Waals surface area contributed by atoms with Gasteiger partial charge >= 0.3 is 5.97 Å². The number of rotatable bonds is 5. The van der Waals surface area contributed by atoms with Crippen molar-refractivity contribution in [1.82, 2.24) is 9.55 Å². The van der Waals surface area contributed by atoms with Crippen molar-refractivity contribution in [1.29, 1.82) is 0 Å². The number of aryl methyl sites for hydroxylation is 2. The Kier molecular flexibility index (Phi) is 4.74. The van der Waals surface area contributed by atoms with Crippen LogP contribution in [0.25, 0.3) is 11.0 Å². The van der Waals surface area contributed by atoms with Gasteiger partial charge in [0, 0.05) is 19.0 Å². The largest absolute Gasteiger partial charge is 0.497 e. The van der Waals surface area contributed by atoms with Crippen LogP contribution >= 0.6 is 0 Å². The summed E-state index contributed by atoms with van der Waals surface area (Å²) < 4.78 is 12.7. The second-order valence-corrected chi connectivity index (χ2v) is 6.21. The molecule has 1 aromatic carbocycles. The lowest BCUT2D eigenvalue weighted by molar-refractivity contribution is -0.154. The van der Waals surface area contributed by atoms with E-state index in [-0.39, 0.29) is 5.97 Å². The Morgan fingerprint density at radius 3 is 2.64 bits per heavy atom. The fourth-order valence-electron chi connectivity index (χ4n) is 2.43. The molecule has 2 aromatic rings. The first kappa shape index (κ1) is 16.3. The molecule has 0 atom stereocenters. The molecule has 1 aromatic heterocycles. The van der Waals surface area contributed by atoms with Crippen LogP contribution in [0.3, 0.4) is 0 Å². The van der Waals surface area contributed by atoms with Crippen LogP contribution in [0.2, 0.25) is 0 Å². The Morgan fingerprint density at radius 2 is 2.05 bits per heavy atom. The molecule has 0 unspecified atom stereocenters.